The first-order valence-corrected chi connectivity index (χ1v) is 7.95. The van der Waals surface area contributed by atoms with E-state index < -0.39 is 5.97 Å². The summed E-state index contributed by atoms with van der Waals surface area (Å²) in [4.78, 5) is 27.3. The summed E-state index contributed by atoms with van der Waals surface area (Å²) >= 11 is 0. The molecule has 0 bridgehead atoms. The van der Waals surface area contributed by atoms with Crippen molar-refractivity contribution in [1.29, 1.82) is 0 Å². The van der Waals surface area contributed by atoms with Gasteiger partial charge in [0.2, 0.25) is 0 Å². The molecule has 1 saturated heterocycles. The molecule has 1 N–H and O–H groups in total. The van der Waals surface area contributed by atoms with Gasteiger partial charge in [-0.05, 0) is 24.0 Å². The molecule has 0 saturated carbocycles. The van der Waals surface area contributed by atoms with Crippen LogP contribution in [0.2, 0.25) is 0 Å². The molecule has 0 radical (unpaired) electrons. The summed E-state index contributed by atoms with van der Waals surface area (Å²) in [5.74, 6) is -1.16. The predicted molar refractivity (Wildman–Crippen MR) is 83.8 cm³/mol. The van der Waals surface area contributed by atoms with Crippen molar-refractivity contribution in [3.8, 4) is 0 Å². The van der Waals surface area contributed by atoms with E-state index in [4.69, 9.17) is 4.74 Å². The molecule has 6 nitrogen and oxygen atoms in total. The van der Waals surface area contributed by atoms with E-state index in [9.17, 15) is 14.7 Å². The summed E-state index contributed by atoms with van der Waals surface area (Å²) < 4.78 is 4.86. The van der Waals surface area contributed by atoms with Gasteiger partial charge in [-0.15, -0.1) is 0 Å². The van der Waals surface area contributed by atoms with Crippen molar-refractivity contribution < 1.29 is 19.4 Å². The molecule has 2 aliphatic heterocycles. The number of carboxylic acids is 1. The van der Waals surface area contributed by atoms with Gasteiger partial charge in [-0.3, -0.25) is 9.69 Å². The number of amides is 1. The summed E-state index contributed by atoms with van der Waals surface area (Å²) in [6.07, 6.45) is 0.605. The van der Waals surface area contributed by atoms with E-state index in [2.05, 4.69) is 17.0 Å². The van der Waals surface area contributed by atoms with Gasteiger partial charge in [0.05, 0.1) is 13.0 Å². The molecule has 2 heterocycles. The van der Waals surface area contributed by atoms with Crippen LogP contribution in [0.3, 0.4) is 0 Å². The molecule has 6 heteroatoms. The van der Waals surface area contributed by atoms with E-state index in [0.29, 0.717) is 25.9 Å². The second kappa shape index (κ2) is 6.58. The van der Waals surface area contributed by atoms with Crippen molar-refractivity contribution in [1.82, 2.24) is 9.80 Å². The van der Waals surface area contributed by atoms with E-state index in [1.807, 2.05) is 12.1 Å². The molecule has 0 aliphatic carbocycles. The summed E-state index contributed by atoms with van der Waals surface area (Å²) in [5, 5.41) is 9.29. The number of rotatable bonds is 3. The van der Waals surface area contributed by atoms with Crippen molar-refractivity contribution in [2.24, 2.45) is 5.92 Å². The highest BCUT2D eigenvalue weighted by Crippen LogP contribution is 2.28. The molecular formula is C17H22N2O4. The maximum atomic E-state index is 12.0. The van der Waals surface area contributed by atoms with Crippen molar-refractivity contribution >= 4 is 12.1 Å². The second-order valence-corrected chi connectivity index (χ2v) is 6.32. The minimum atomic E-state index is -0.774. The summed E-state index contributed by atoms with van der Waals surface area (Å²) in [6, 6.07) is 8.18. The number of hydrogen-bond donors (Lipinski definition) is 1. The molecule has 124 valence electrons. The van der Waals surface area contributed by atoms with Gasteiger partial charge in [-0.2, -0.15) is 0 Å². The molecule has 3 rings (SSSR count). The third kappa shape index (κ3) is 3.32. The maximum Gasteiger partial charge on any atom is 0.409 e. The number of fused-ring (bicyclic) bond motifs is 1. The Morgan fingerprint density at radius 1 is 1.26 bits per heavy atom. The van der Waals surface area contributed by atoms with Crippen LogP contribution in [0.15, 0.2) is 24.3 Å². The van der Waals surface area contributed by atoms with Gasteiger partial charge >= 0.3 is 12.1 Å². The predicted octanol–water partition coefficient (Wildman–Crippen LogP) is 1.93. The second-order valence-electron chi connectivity index (χ2n) is 6.32. The fraction of sp³-hybridized carbons (Fsp3) is 0.529. The summed E-state index contributed by atoms with van der Waals surface area (Å²) in [5.41, 5.74) is 2.62. The van der Waals surface area contributed by atoms with Crippen LogP contribution in [0.25, 0.3) is 0 Å². The zero-order chi connectivity index (χ0) is 16.4. The van der Waals surface area contributed by atoms with Crippen LogP contribution in [-0.4, -0.2) is 53.2 Å². The molecule has 1 fully saturated rings. The number of benzene rings is 1. The molecule has 1 aromatic rings. The average Bonchev–Trinajstić information content (AvgIpc) is 2.96. The van der Waals surface area contributed by atoms with E-state index >= 15 is 0 Å². The quantitative estimate of drug-likeness (QED) is 0.922. The lowest BCUT2D eigenvalue weighted by Gasteiger charge is -2.39. The first-order valence-electron chi connectivity index (χ1n) is 7.95. The van der Waals surface area contributed by atoms with Crippen molar-refractivity contribution in [2.45, 2.75) is 32.0 Å². The van der Waals surface area contributed by atoms with Gasteiger partial charge < -0.3 is 14.7 Å². The van der Waals surface area contributed by atoms with Gasteiger partial charge in [0.15, 0.2) is 0 Å². The van der Waals surface area contributed by atoms with Crippen molar-refractivity contribution in [3.05, 3.63) is 35.4 Å². The fourth-order valence-corrected chi connectivity index (χ4v) is 3.64. The number of hydrogen-bond acceptors (Lipinski definition) is 4. The standard InChI is InChI=1S/C17H22N2O4/c1-23-17(22)19-7-6-12(16(20)21)8-15(19)11-18-9-13-4-2-3-5-14(13)10-18/h2-5,12,15H,6-11H2,1H3,(H,20,21)/t12-,15+/m1/s1. The normalized spacial score (nSPS) is 24.3. The Morgan fingerprint density at radius 3 is 2.48 bits per heavy atom. The van der Waals surface area contributed by atoms with Crippen molar-refractivity contribution in [3.63, 3.8) is 0 Å². The lowest BCUT2D eigenvalue weighted by atomic mass is 9.91. The van der Waals surface area contributed by atoms with Crippen LogP contribution in [0, 0.1) is 5.92 Å². The number of piperidine rings is 1. The van der Waals surface area contributed by atoms with Crippen LogP contribution < -0.4 is 0 Å². The zero-order valence-electron chi connectivity index (χ0n) is 13.3. The Kier molecular flexibility index (Phi) is 4.52. The van der Waals surface area contributed by atoms with Gasteiger partial charge in [0.1, 0.15) is 0 Å². The minimum Gasteiger partial charge on any atom is -0.481 e. The maximum absolute atomic E-state index is 12.0. The Hall–Kier alpha value is -2.08. The molecule has 0 aromatic heterocycles. The Bertz CT molecular complexity index is 579. The number of nitrogens with zero attached hydrogens (tertiary/aromatic N) is 2. The topological polar surface area (TPSA) is 70.1 Å². The number of ether oxygens (including phenoxy) is 1. The molecule has 23 heavy (non-hydrogen) atoms. The van der Waals surface area contributed by atoms with Gasteiger partial charge in [-0.1, -0.05) is 24.3 Å². The Balaban J connectivity index is 1.69. The van der Waals surface area contributed by atoms with E-state index in [1.165, 1.54) is 18.2 Å². The zero-order valence-corrected chi connectivity index (χ0v) is 13.3. The molecule has 1 aromatic carbocycles. The highest BCUT2D eigenvalue weighted by molar-refractivity contribution is 5.72. The highest BCUT2D eigenvalue weighted by Gasteiger charge is 2.36. The molecule has 2 aliphatic rings. The first-order chi connectivity index (χ1) is 11.1. The lowest BCUT2D eigenvalue weighted by Crippen LogP contribution is -2.51. The lowest BCUT2D eigenvalue weighted by molar-refractivity contribution is -0.144. The van der Waals surface area contributed by atoms with Gasteiger partial charge in [0, 0.05) is 32.2 Å². The molecule has 1 amide bonds. The van der Waals surface area contributed by atoms with E-state index in [-0.39, 0.29) is 18.1 Å². The molecular weight excluding hydrogens is 296 g/mol. The van der Waals surface area contributed by atoms with E-state index in [1.54, 1.807) is 4.90 Å². The minimum absolute atomic E-state index is 0.119. The monoisotopic (exact) mass is 318 g/mol. The summed E-state index contributed by atoms with van der Waals surface area (Å²) in [6.45, 7) is 2.81. The van der Waals surface area contributed by atoms with Gasteiger partial charge in [-0.25, -0.2) is 4.79 Å². The van der Waals surface area contributed by atoms with Crippen LogP contribution in [0.1, 0.15) is 24.0 Å². The van der Waals surface area contributed by atoms with Crippen LogP contribution in [-0.2, 0) is 22.6 Å². The number of carbonyl (C=O) groups is 2. The smallest absolute Gasteiger partial charge is 0.409 e. The average molecular weight is 318 g/mol. The first kappa shape index (κ1) is 15.8. The number of aliphatic carboxylic acids is 1. The van der Waals surface area contributed by atoms with Crippen LogP contribution in [0.4, 0.5) is 4.79 Å². The summed E-state index contributed by atoms with van der Waals surface area (Å²) in [7, 11) is 1.37. The van der Waals surface area contributed by atoms with Crippen LogP contribution in [0.5, 0.6) is 0 Å². The highest BCUT2D eigenvalue weighted by atomic mass is 16.5. The number of methoxy groups -OCH3 is 1. The van der Waals surface area contributed by atoms with Gasteiger partial charge in [0.25, 0.3) is 0 Å². The largest absolute Gasteiger partial charge is 0.481 e. The molecule has 0 spiro atoms. The fourth-order valence-electron chi connectivity index (χ4n) is 3.64. The molecule has 0 unspecified atom stereocenters. The number of likely N-dealkylation sites (tertiary alicyclic amines) is 1. The molecule has 2 atom stereocenters. The van der Waals surface area contributed by atoms with E-state index in [0.717, 1.165) is 13.1 Å². The number of carboxylic acid groups (broad SMARTS) is 1. The SMILES string of the molecule is COC(=O)N1CC[C@@H](C(=O)O)C[C@H]1CN1Cc2ccccc2C1. The Morgan fingerprint density at radius 2 is 1.91 bits per heavy atom. The Labute approximate surface area is 135 Å². The van der Waals surface area contributed by atoms with Crippen molar-refractivity contribution in [2.75, 3.05) is 20.2 Å². The number of carbonyl (C=O) groups excluding carboxylic acids is 1. The third-order valence-corrected chi connectivity index (χ3v) is 4.85. The van der Waals surface area contributed by atoms with Crippen LogP contribution >= 0.6 is 0 Å². The third-order valence-electron chi connectivity index (χ3n) is 4.85.